The number of halogens is 1. The molecule has 110 valence electrons. The van der Waals surface area contributed by atoms with E-state index >= 15 is 0 Å². The van der Waals surface area contributed by atoms with Crippen molar-refractivity contribution in [3.8, 4) is 0 Å². The van der Waals surface area contributed by atoms with Gasteiger partial charge in [0.2, 0.25) is 5.91 Å². The number of carbonyl (C=O) groups is 1. The first-order valence-corrected chi connectivity index (χ1v) is 7.24. The fraction of sp³-hybridized carbons (Fsp3) is 0.235. The number of nitrogens with one attached hydrogen (secondary N) is 2. The second kappa shape index (κ2) is 6.64. The van der Waals surface area contributed by atoms with Crippen LogP contribution in [0.3, 0.4) is 0 Å². The Bertz CT molecular complexity index is 638. The van der Waals surface area contributed by atoms with Crippen LogP contribution in [0.25, 0.3) is 0 Å². The number of aryl methyl sites for hydroxylation is 2. The molecular formula is C17H19ClN2O. The van der Waals surface area contributed by atoms with Gasteiger partial charge >= 0.3 is 0 Å². The summed E-state index contributed by atoms with van der Waals surface area (Å²) in [5.74, 6) is -0.0875. The highest BCUT2D eigenvalue weighted by Crippen LogP contribution is 2.16. The predicted molar refractivity (Wildman–Crippen MR) is 89.1 cm³/mol. The number of rotatable bonds is 4. The first-order valence-electron chi connectivity index (χ1n) is 6.86. The Morgan fingerprint density at radius 3 is 2.24 bits per heavy atom. The van der Waals surface area contributed by atoms with E-state index in [4.69, 9.17) is 11.6 Å². The SMILES string of the molecule is Cc1ccc(NC(C)C(=O)Nc2ccc(Cl)cc2)cc1C. The lowest BCUT2D eigenvalue weighted by Gasteiger charge is -2.16. The number of amides is 1. The summed E-state index contributed by atoms with van der Waals surface area (Å²) in [7, 11) is 0. The van der Waals surface area contributed by atoms with E-state index in [1.807, 2.05) is 25.1 Å². The van der Waals surface area contributed by atoms with Crippen LogP contribution in [0, 0.1) is 13.8 Å². The van der Waals surface area contributed by atoms with Gasteiger partial charge in [0.15, 0.2) is 0 Å². The third kappa shape index (κ3) is 4.23. The Morgan fingerprint density at radius 2 is 1.62 bits per heavy atom. The van der Waals surface area contributed by atoms with Crippen LogP contribution in [-0.2, 0) is 4.79 Å². The Hall–Kier alpha value is -2.00. The molecule has 1 amide bonds. The van der Waals surface area contributed by atoms with Gasteiger partial charge in [-0.3, -0.25) is 4.79 Å². The molecule has 21 heavy (non-hydrogen) atoms. The van der Waals surface area contributed by atoms with Gasteiger partial charge in [-0.1, -0.05) is 17.7 Å². The molecule has 1 atom stereocenters. The average molecular weight is 303 g/mol. The minimum absolute atomic E-state index is 0.0875. The average Bonchev–Trinajstić information content (AvgIpc) is 2.45. The van der Waals surface area contributed by atoms with Crippen LogP contribution >= 0.6 is 11.6 Å². The molecule has 0 aliphatic heterocycles. The third-order valence-corrected chi connectivity index (χ3v) is 3.65. The molecule has 1 unspecified atom stereocenters. The lowest BCUT2D eigenvalue weighted by molar-refractivity contribution is -0.116. The van der Waals surface area contributed by atoms with E-state index in [1.54, 1.807) is 24.3 Å². The Morgan fingerprint density at radius 1 is 1.00 bits per heavy atom. The summed E-state index contributed by atoms with van der Waals surface area (Å²) in [6.07, 6.45) is 0. The number of benzene rings is 2. The van der Waals surface area contributed by atoms with E-state index < -0.39 is 0 Å². The van der Waals surface area contributed by atoms with Crippen LogP contribution in [0.4, 0.5) is 11.4 Å². The molecule has 0 heterocycles. The van der Waals surface area contributed by atoms with Crippen molar-refractivity contribution in [3.05, 3.63) is 58.6 Å². The van der Waals surface area contributed by atoms with Crippen LogP contribution in [-0.4, -0.2) is 11.9 Å². The van der Waals surface area contributed by atoms with E-state index in [0.717, 1.165) is 11.4 Å². The zero-order valence-electron chi connectivity index (χ0n) is 12.4. The molecule has 0 aromatic heterocycles. The summed E-state index contributed by atoms with van der Waals surface area (Å²) in [6.45, 7) is 5.95. The van der Waals surface area contributed by atoms with Crippen molar-refractivity contribution in [2.45, 2.75) is 26.8 Å². The zero-order chi connectivity index (χ0) is 15.4. The molecule has 2 aromatic rings. The van der Waals surface area contributed by atoms with Crippen molar-refractivity contribution in [2.24, 2.45) is 0 Å². The molecule has 0 bridgehead atoms. The summed E-state index contributed by atoms with van der Waals surface area (Å²) in [5.41, 5.74) is 4.11. The standard InChI is InChI=1S/C17H19ClN2O/c1-11-4-7-16(10-12(11)2)19-13(3)17(21)20-15-8-5-14(18)6-9-15/h4-10,13,19H,1-3H3,(H,20,21). The molecule has 0 aliphatic rings. The second-order valence-electron chi connectivity index (χ2n) is 5.16. The maximum absolute atomic E-state index is 12.1. The summed E-state index contributed by atoms with van der Waals surface area (Å²) in [6, 6.07) is 12.8. The van der Waals surface area contributed by atoms with Crippen molar-refractivity contribution in [1.29, 1.82) is 0 Å². The van der Waals surface area contributed by atoms with E-state index in [0.29, 0.717) is 5.02 Å². The van der Waals surface area contributed by atoms with E-state index in [2.05, 4.69) is 24.5 Å². The van der Waals surface area contributed by atoms with Gasteiger partial charge < -0.3 is 10.6 Å². The Kier molecular flexibility index (Phi) is 4.86. The second-order valence-corrected chi connectivity index (χ2v) is 5.60. The first kappa shape index (κ1) is 15.4. The van der Waals surface area contributed by atoms with Crippen LogP contribution < -0.4 is 10.6 Å². The third-order valence-electron chi connectivity index (χ3n) is 3.40. The maximum atomic E-state index is 12.1. The van der Waals surface area contributed by atoms with E-state index in [1.165, 1.54) is 11.1 Å². The van der Waals surface area contributed by atoms with Gasteiger partial charge in [-0.05, 0) is 68.3 Å². The van der Waals surface area contributed by atoms with E-state index in [-0.39, 0.29) is 11.9 Å². The molecule has 0 saturated carbocycles. The molecule has 0 aliphatic carbocycles. The Labute approximate surface area is 130 Å². The van der Waals surface area contributed by atoms with Gasteiger partial charge in [0.1, 0.15) is 6.04 Å². The van der Waals surface area contributed by atoms with Gasteiger partial charge in [-0.25, -0.2) is 0 Å². The highest BCUT2D eigenvalue weighted by Gasteiger charge is 2.13. The predicted octanol–water partition coefficient (Wildman–Crippen LogP) is 4.40. The number of hydrogen-bond donors (Lipinski definition) is 2. The first-order chi connectivity index (χ1) is 9.95. The zero-order valence-corrected chi connectivity index (χ0v) is 13.2. The van der Waals surface area contributed by atoms with E-state index in [9.17, 15) is 4.79 Å². The van der Waals surface area contributed by atoms with Crippen molar-refractivity contribution in [1.82, 2.24) is 0 Å². The minimum atomic E-state index is -0.331. The van der Waals surface area contributed by atoms with Crippen molar-refractivity contribution >= 4 is 28.9 Å². The highest BCUT2D eigenvalue weighted by molar-refractivity contribution is 6.30. The minimum Gasteiger partial charge on any atom is -0.374 e. The fourth-order valence-electron chi connectivity index (χ4n) is 1.93. The lowest BCUT2D eigenvalue weighted by atomic mass is 10.1. The van der Waals surface area contributed by atoms with Crippen LogP contribution in [0.1, 0.15) is 18.1 Å². The molecule has 0 radical (unpaired) electrons. The normalized spacial score (nSPS) is 11.8. The van der Waals surface area contributed by atoms with Gasteiger partial charge in [-0.15, -0.1) is 0 Å². The fourth-order valence-corrected chi connectivity index (χ4v) is 2.06. The van der Waals surface area contributed by atoms with Gasteiger partial charge in [0, 0.05) is 16.4 Å². The molecule has 3 nitrogen and oxygen atoms in total. The lowest BCUT2D eigenvalue weighted by Crippen LogP contribution is -2.31. The largest absolute Gasteiger partial charge is 0.374 e. The summed E-state index contributed by atoms with van der Waals surface area (Å²) in [4.78, 5) is 12.1. The summed E-state index contributed by atoms with van der Waals surface area (Å²) < 4.78 is 0. The summed E-state index contributed by atoms with van der Waals surface area (Å²) >= 11 is 5.82. The van der Waals surface area contributed by atoms with Crippen LogP contribution in [0.5, 0.6) is 0 Å². The highest BCUT2D eigenvalue weighted by atomic mass is 35.5. The topological polar surface area (TPSA) is 41.1 Å². The van der Waals surface area contributed by atoms with Crippen molar-refractivity contribution in [3.63, 3.8) is 0 Å². The molecule has 2 rings (SSSR count). The number of hydrogen-bond acceptors (Lipinski definition) is 2. The van der Waals surface area contributed by atoms with Gasteiger partial charge in [-0.2, -0.15) is 0 Å². The van der Waals surface area contributed by atoms with Crippen LogP contribution in [0.2, 0.25) is 5.02 Å². The van der Waals surface area contributed by atoms with Gasteiger partial charge in [0.05, 0.1) is 0 Å². The molecule has 2 aromatic carbocycles. The number of anilines is 2. The van der Waals surface area contributed by atoms with Gasteiger partial charge in [0.25, 0.3) is 0 Å². The number of carbonyl (C=O) groups excluding carboxylic acids is 1. The monoisotopic (exact) mass is 302 g/mol. The smallest absolute Gasteiger partial charge is 0.246 e. The molecule has 2 N–H and O–H groups in total. The molecule has 0 saturated heterocycles. The molecular weight excluding hydrogens is 284 g/mol. The van der Waals surface area contributed by atoms with Crippen molar-refractivity contribution in [2.75, 3.05) is 10.6 Å². The quantitative estimate of drug-likeness (QED) is 0.879. The molecule has 4 heteroatoms. The molecule has 0 spiro atoms. The van der Waals surface area contributed by atoms with Crippen molar-refractivity contribution < 1.29 is 4.79 Å². The summed E-state index contributed by atoms with van der Waals surface area (Å²) in [5, 5.41) is 6.71. The van der Waals surface area contributed by atoms with Crippen LogP contribution in [0.15, 0.2) is 42.5 Å². The maximum Gasteiger partial charge on any atom is 0.246 e. The molecule has 0 fully saturated rings. The Balaban J connectivity index is 1.98.